The minimum atomic E-state index is -0.192. The Morgan fingerprint density at radius 3 is 2.67 bits per heavy atom. The molecule has 5 heteroatoms. The average Bonchev–Trinajstić information content (AvgIpc) is 2.10. The van der Waals surface area contributed by atoms with Crippen LogP contribution in [0.5, 0.6) is 0 Å². The van der Waals surface area contributed by atoms with Crippen molar-refractivity contribution in [3.8, 4) is 0 Å². The monoisotopic (exact) mass is 175 g/mol. The Balaban J connectivity index is 3.52. The second-order valence-corrected chi connectivity index (χ2v) is 2.44. The molecular weight excluding hydrogens is 158 g/mol. The maximum Gasteiger partial charge on any atom is 0.222 e. The largest absolute Gasteiger partial charge is 0.380 e. The van der Waals surface area contributed by atoms with Crippen LogP contribution in [-0.2, 0) is 9.53 Å². The second kappa shape index (κ2) is 7.02. The lowest BCUT2D eigenvalue weighted by Gasteiger charge is -2.11. The van der Waals surface area contributed by atoms with Gasteiger partial charge < -0.3 is 21.5 Å². The van der Waals surface area contributed by atoms with Crippen LogP contribution in [0.1, 0.15) is 6.42 Å². The zero-order valence-electron chi connectivity index (χ0n) is 7.38. The molecule has 0 aliphatic rings. The van der Waals surface area contributed by atoms with Crippen LogP contribution in [0.25, 0.3) is 0 Å². The minimum absolute atomic E-state index is 0.0715. The molecule has 0 aromatic carbocycles. The van der Waals surface area contributed by atoms with Gasteiger partial charge in [0.2, 0.25) is 5.91 Å². The Bertz CT molecular complexity index is 126. The van der Waals surface area contributed by atoms with Crippen molar-refractivity contribution in [3.05, 3.63) is 0 Å². The van der Waals surface area contributed by atoms with Gasteiger partial charge in [0.1, 0.15) is 0 Å². The zero-order chi connectivity index (χ0) is 9.40. The quantitative estimate of drug-likeness (QED) is 0.454. The highest BCUT2D eigenvalue weighted by atomic mass is 16.5. The number of rotatable bonds is 6. The number of carbonyl (C=O) groups is 1. The van der Waals surface area contributed by atoms with E-state index in [1.54, 1.807) is 0 Å². The Morgan fingerprint density at radius 2 is 2.25 bits per heavy atom. The highest BCUT2D eigenvalue weighted by molar-refractivity contribution is 5.76. The summed E-state index contributed by atoms with van der Waals surface area (Å²) in [4.78, 5) is 11.0. The van der Waals surface area contributed by atoms with E-state index < -0.39 is 0 Å². The molecular formula is C7H17N3O2. The number of nitrogens with one attached hydrogen (secondary N) is 1. The number of hydrogen-bond acceptors (Lipinski definition) is 4. The van der Waals surface area contributed by atoms with E-state index in [9.17, 15) is 4.79 Å². The summed E-state index contributed by atoms with van der Waals surface area (Å²) in [6.07, 6.45) is 0.107. The van der Waals surface area contributed by atoms with Crippen LogP contribution in [0.2, 0.25) is 0 Å². The highest BCUT2D eigenvalue weighted by Gasteiger charge is 2.09. The van der Waals surface area contributed by atoms with Gasteiger partial charge in [-0.25, -0.2) is 0 Å². The van der Waals surface area contributed by atoms with Crippen LogP contribution in [0.3, 0.4) is 0 Å². The molecule has 1 atom stereocenters. The number of amides is 1. The van der Waals surface area contributed by atoms with Gasteiger partial charge in [-0.15, -0.1) is 0 Å². The molecule has 0 spiro atoms. The van der Waals surface area contributed by atoms with E-state index in [4.69, 9.17) is 16.2 Å². The summed E-state index contributed by atoms with van der Waals surface area (Å²) < 4.78 is 4.93. The molecule has 0 saturated heterocycles. The summed E-state index contributed by atoms with van der Waals surface area (Å²) in [6, 6.07) is 0. The number of carbonyl (C=O) groups excluding carboxylic acids is 1. The standard InChI is InChI=1S/C7H17N3O2/c1-12-6(5-9)4-7(11)10-3-2-8/h6H,2-5,8-9H2,1H3,(H,10,11). The minimum Gasteiger partial charge on any atom is -0.380 e. The van der Waals surface area contributed by atoms with Crippen molar-refractivity contribution in [1.82, 2.24) is 5.32 Å². The van der Waals surface area contributed by atoms with Crippen molar-refractivity contribution < 1.29 is 9.53 Å². The van der Waals surface area contributed by atoms with Crippen LogP contribution >= 0.6 is 0 Å². The second-order valence-electron chi connectivity index (χ2n) is 2.44. The topological polar surface area (TPSA) is 90.4 Å². The van der Waals surface area contributed by atoms with Crippen LogP contribution in [0, 0.1) is 0 Å². The Hall–Kier alpha value is -0.650. The molecule has 0 fully saturated rings. The third kappa shape index (κ3) is 5.06. The SMILES string of the molecule is COC(CN)CC(=O)NCCN. The van der Waals surface area contributed by atoms with Crippen molar-refractivity contribution in [1.29, 1.82) is 0 Å². The summed E-state index contributed by atoms with van der Waals surface area (Å²) in [5, 5.41) is 2.63. The fourth-order valence-corrected chi connectivity index (χ4v) is 0.753. The molecule has 0 saturated carbocycles. The van der Waals surface area contributed by atoms with E-state index in [2.05, 4.69) is 5.32 Å². The van der Waals surface area contributed by atoms with E-state index >= 15 is 0 Å². The Labute approximate surface area is 72.4 Å². The molecule has 1 unspecified atom stereocenters. The number of nitrogens with two attached hydrogens (primary N) is 2. The van der Waals surface area contributed by atoms with E-state index in [1.165, 1.54) is 7.11 Å². The van der Waals surface area contributed by atoms with E-state index in [0.29, 0.717) is 26.1 Å². The lowest BCUT2D eigenvalue weighted by Crippen LogP contribution is -2.34. The van der Waals surface area contributed by atoms with E-state index in [0.717, 1.165) is 0 Å². The summed E-state index contributed by atoms with van der Waals surface area (Å²) in [5.74, 6) is -0.0715. The van der Waals surface area contributed by atoms with Gasteiger partial charge in [-0.1, -0.05) is 0 Å². The van der Waals surface area contributed by atoms with Gasteiger partial charge in [-0.05, 0) is 0 Å². The number of ether oxygens (including phenoxy) is 1. The predicted molar refractivity (Wildman–Crippen MR) is 46.5 cm³/mol. The molecule has 0 radical (unpaired) electrons. The molecule has 0 aromatic heterocycles. The molecule has 0 aromatic rings. The normalized spacial score (nSPS) is 12.6. The molecule has 5 N–H and O–H groups in total. The van der Waals surface area contributed by atoms with Gasteiger partial charge in [0.15, 0.2) is 0 Å². The van der Waals surface area contributed by atoms with Crippen molar-refractivity contribution in [3.63, 3.8) is 0 Å². The zero-order valence-corrected chi connectivity index (χ0v) is 7.38. The molecule has 72 valence electrons. The molecule has 1 amide bonds. The van der Waals surface area contributed by atoms with Gasteiger partial charge in [-0.3, -0.25) is 4.79 Å². The van der Waals surface area contributed by atoms with Crippen LogP contribution in [0.4, 0.5) is 0 Å². The summed E-state index contributed by atoms with van der Waals surface area (Å²) in [6.45, 7) is 1.30. The molecule has 0 aliphatic carbocycles. The van der Waals surface area contributed by atoms with E-state index in [-0.39, 0.29) is 12.0 Å². The smallest absolute Gasteiger partial charge is 0.222 e. The first-order valence-corrected chi connectivity index (χ1v) is 3.94. The van der Waals surface area contributed by atoms with Gasteiger partial charge in [0.25, 0.3) is 0 Å². The van der Waals surface area contributed by atoms with Gasteiger partial charge in [-0.2, -0.15) is 0 Å². The Morgan fingerprint density at radius 1 is 1.58 bits per heavy atom. The van der Waals surface area contributed by atoms with Crippen LogP contribution in [-0.4, -0.2) is 38.8 Å². The maximum atomic E-state index is 11.0. The molecule has 5 nitrogen and oxygen atoms in total. The third-order valence-corrected chi connectivity index (χ3v) is 1.48. The van der Waals surface area contributed by atoms with Crippen LogP contribution in [0.15, 0.2) is 0 Å². The average molecular weight is 175 g/mol. The molecule has 0 rings (SSSR count). The first kappa shape index (κ1) is 11.4. The molecule has 12 heavy (non-hydrogen) atoms. The first-order chi connectivity index (χ1) is 5.74. The lowest BCUT2D eigenvalue weighted by molar-refractivity contribution is -0.123. The summed E-state index contributed by atoms with van der Waals surface area (Å²) in [5.41, 5.74) is 10.5. The fraction of sp³-hybridized carbons (Fsp3) is 0.857. The van der Waals surface area contributed by atoms with Crippen molar-refractivity contribution in [2.45, 2.75) is 12.5 Å². The Kier molecular flexibility index (Phi) is 6.64. The predicted octanol–water partition coefficient (Wildman–Crippen LogP) is -1.57. The fourth-order valence-electron chi connectivity index (χ4n) is 0.753. The maximum absolute atomic E-state index is 11.0. The van der Waals surface area contributed by atoms with Gasteiger partial charge in [0, 0.05) is 26.7 Å². The van der Waals surface area contributed by atoms with E-state index in [1.807, 2.05) is 0 Å². The third-order valence-electron chi connectivity index (χ3n) is 1.48. The van der Waals surface area contributed by atoms with Gasteiger partial charge >= 0.3 is 0 Å². The van der Waals surface area contributed by atoms with Crippen LogP contribution < -0.4 is 16.8 Å². The van der Waals surface area contributed by atoms with Gasteiger partial charge in [0.05, 0.1) is 12.5 Å². The summed E-state index contributed by atoms with van der Waals surface area (Å²) >= 11 is 0. The van der Waals surface area contributed by atoms with Crippen molar-refractivity contribution in [2.24, 2.45) is 11.5 Å². The number of methoxy groups -OCH3 is 1. The lowest BCUT2D eigenvalue weighted by atomic mass is 10.2. The van der Waals surface area contributed by atoms with Crippen molar-refractivity contribution >= 4 is 5.91 Å². The highest BCUT2D eigenvalue weighted by Crippen LogP contribution is 1.93. The molecule has 0 bridgehead atoms. The molecule has 0 heterocycles. The number of hydrogen-bond donors (Lipinski definition) is 3. The molecule has 0 aliphatic heterocycles. The van der Waals surface area contributed by atoms with Crippen molar-refractivity contribution in [2.75, 3.05) is 26.7 Å². The first-order valence-electron chi connectivity index (χ1n) is 3.94. The summed E-state index contributed by atoms with van der Waals surface area (Å²) in [7, 11) is 1.54.